The van der Waals surface area contributed by atoms with Crippen molar-refractivity contribution in [3.63, 3.8) is 0 Å². The highest BCUT2D eigenvalue weighted by molar-refractivity contribution is 5.75. The summed E-state index contributed by atoms with van der Waals surface area (Å²) in [7, 11) is 0. The standard InChI is InChI=1S/C16H28N2O3/c1-3-20-12-6-10-17-14-8-5-9-15(19)16(14)18-11-7-13-21-4-2/h5,8-9,17-19H,3-4,6-7,10-13H2,1-2H3. The summed E-state index contributed by atoms with van der Waals surface area (Å²) in [6, 6.07) is 5.49. The quantitative estimate of drug-likeness (QED) is 0.409. The molecule has 0 saturated carbocycles. The first kappa shape index (κ1) is 17.6. The lowest BCUT2D eigenvalue weighted by atomic mass is 10.2. The van der Waals surface area contributed by atoms with Crippen LogP contribution in [0.25, 0.3) is 0 Å². The van der Waals surface area contributed by atoms with Gasteiger partial charge in [-0.25, -0.2) is 0 Å². The highest BCUT2D eigenvalue weighted by Gasteiger charge is 2.06. The number of hydrogen-bond donors (Lipinski definition) is 3. The molecule has 0 aliphatic heterocycles. The van der Waals surface area contributed by atoms with E-state index in [1.54, 1.807) is 6.07 Å². The summed E-state index contributed by atoms with van der Waals surface area (Å²) in [5, 5.41) is 16.6. The molecule has 1 aromatic carbocycles. The molecule has 0 aromatic heterocycles. The molecule has 1 rings (SSSR count). The molecule has 21 heavy (non-hydrogen) atoms. The Balaban J connectivity index is 2.41. The van der Waals surface area contributed by atoms with Crippen LogP contribution in [0.5, 0.6) is 5.75 Å². The Morgan fingerprint density at radius 2 is 1.57 bits per heavy atom. The SMILES string of the molecule is CCOCCCNc1cccc(O)c1NCCCOCC. The van der Waals surface area contributed by atoms with Crippen molar-refractivity contribution >= 4 is 11.4 Å². The van der Waals surface area contributed by atoms with Gasteiger partial charge in [0.1, 0.15) is 11.4 Å². The number of nitrogens with one attached hydrogen (secondary N) is 2. The van der Waals surface area contributed by atoms with Gasteiger partial charge < -0.3 is 25.2 Å². The molecule has 0 fully saturated rings. The number of hydrogen-bond acceptors (Lipinski definition) is 5. The molecular weight excluding hydrogens is 268 g/mol. The maximum Gasteiger partial charge on any atom is 0.140 e. The van der Waals surface area contributed by atoms with Crippen molar-refractivity contribution in [2.45, 2.75) is 26.7 Å². The smallest absolute Gasteiger partial charge is 0.140 e. The third-order valence-electron chi connectivity index (χ3n) is 3.00. The minimum Gasteiger partial charge on any atom is -0.506 e. The van der Waals surface area contributed by atoms with Gasteiger partial charge in [0.2, 0.25) is 0 Å². The number of ether oxygens (including phenoxy) is 2. The van der Waals surface area contributed by atoms with Crippen LogP contribution in [0.1, 0.15) is 26.7 Å². The Bertz CT molecular complexity index is 386. The van der Waals surface area contributed by atoms with Gasteiger partial charge in [0.15, 0.2) is 0 Å². The zero-order valence-corrected chi connectivity index (χ0v) is 13.2. The van der Waals surface area contributed by atoms with E-state index in [0.29, 0.717) is 0 Å². The van der Waals surface area contributed by atoms with Crippen molar-refractivity contribution in [3.05, 3.63) is 18.2 Å². The van der Waals surface area contributed by atoms with Gasteiger partial charge in [-0.15, -0.1) is 0 Å². The molecule has 0 atom stereocenters. The molecule has 0 amide bonds. The number of phenols is 1. The Kier molecular flexibility index (Phi) is 9.40. The van der Waals surface area contributed by atoms with Crippen LogP contribution < -0.4 is 10.6 Å². The van der Waals surface area contributed by atoms with E-state index in [1.807, 2.05) is 26.0 Å². The number of anilines is 2. The van der Waals surface area contributed by atoms with Crippen molar-refractivity contribution in [2.24, 2.45) is 0 Å². The summed E-state index contributed by atoms with van der Waals surface area (Å²) in [5.41, 5.74) is 1.67. The summed E-state index contributed by atoms with van der Waals surface area (Å²) in [4.78, 5) is 0. The molecule has 1 aromatic rings. The number of para-hydroxylation sites is 1. The molecule has 0 spiro atoms. The largest absolute Gasteiger partial charge is 0.506 e. The number of benzene rings is 1. The predicted molar refractivity (Wildman–Crippen MR) is 87.3 cm³/mol. The summed E-state index contributed by atoms with van der Waals surface area (Å²) >= 11 is 0. The minimum absolute atomic E-state index is 0.265. The first-order valence-corrected chi connectivity index (χ1v) is 7.74. The summed E-state index contributed by atoms with van der Waals surface area (Å²) in [6.07, 6.45) is 1.85. The summed E-state index contributed by atoms with van der Waals surface area (Å²) < 4.78 is 10.6. The molecule has 0 saturated heterocycles. The maximum absolute atomic E-state index is 9.98. The lowest BCUT2D eigenvalue weighted by Crippen LogP contribution is -2.10. The molecular formula is C16H28N2O3. The molecule has 0 aliphatic rings. The number of phenolic OH excluding ortho intramolecular Hbond substituents is 1. The Labute approximate surface area is 127 Å². The minimum atomic E-state index is 0.265. The normalized spacial score (nSPS) is 10.6. The van der Waals surface area contributed by atoms with Crippen LogP contribution in [0, 0.1) is 0 Å². The lowest BCUT2D eigenvalue weighted by Gasteiger charge is -2.15. The first-order chi connectivity index (χ1) is 10.3. The molecule has 0 aliphatic carbocycles. The lowest BCUT2D eigenvalue weighted by molar-refractivity contribution is 0.147. The second kappa shape index (κ2) is 11.2. The van der Waals surface area contributed by atoms with Crippen LogP contribution in [0.15, 0.2) is 18.2 Å². The average Bonchev–Trinajstić information content (AvgIpc) is 2.49. The molecule has 0 heterocycles. The zero-order valence-electron chi connectivity index (χ0n) is 13.2. The monoisotopic (exact) mass is 296 g/mol. The highest BCUT2D eigenvalue weighted by atomic mass is 16.5. The van der Waals surface area contributed by atoms with Gasteiger partial charge in [-0.1, -0.05) is 6.07 Å². The maximum atomic E-state index is 9.98. The second-order valence-electron chi connectivity index (χ2n) is 4.65. The molecule has 120 valence electrons. The highest BCUT2D eigenvalue weighted by Crippen LogP contribution is 2.31. The van der Waals surface area contributed by atoms with Gasteiger partial charge in [0.25, 0.3) is 0 Å². The van der Waals surface area contributed by atoms with Gasteiger partial charge in [-0.05, 0) is 38.8 Å². The van der Waals surface area contributed by atoms with Gasteiger partial charge in [0, 0.05) is 39.5 Å². The van der Waals surface area contributed by atoms with Crippen LogP contribution in [-0.2, 0) is 9.47 Å². The van der Waals surface area contributed by atoms with Gasteiger partial charge in [0.05, 0.1) is 5.69 Å². The predicted octanol–water partition coefficient (Wildman–Crippen LogP) is 3.07. The van der Waals surface area contributed by atoms with E-state index in [1.165, 1.54) is 0 Å². The van der Waals surface area contributed by atoms with E-state index in [2.05, 4.69) is 10.6 Å². The Morgan fingerprint density at radius 3 is 2.19 bits per heavy atom. The molecule has 0 radical (unpaired) electrons. The zero-order chi connectivity index (χ0) is 15.3. The third-order valence-corrected chi connectivity index (χ3v) is 3.00. The van der Waals surface area contributed by atoms with Crippen molar-refractivity contribution in [1.29, 1.82) is 0 Å². The first-order valence-electron chi connectivity index (χ1n) is 7.74. The van der Waals surface area contributed by atoms with Gasteiger partial charge in [-0.2, -0.15) is 0 Å². The molecule has 3 N–H and O–H groups in total. The van der Waals surface area contributed by atoms with E-state index >= 15 is 0 Å². The molecule has 5 nitrogen and oxygen atoms in total. The Hall–Kier alpha value is -1.46. The second-order valence-corrected chi connectivity index (χ2v) is 4.65. The van der Waals surface area contributed by atoms with Gasteiger partial charge >= 0.3 is 0 Å². The van der Waals surface area contributed by atoms with Gasteiger partial charge in [-0.3, -0.25) is 0 Å². The van der Waals surface area contributed by atoms with E-state index in [4.69, 9.17) is 9.47 Å². The fourth-order valence-electron chi connectivity index (χ4n) is 1.95. The van der Waals surface area contributed by atoms with E-state index in [0.717, 1.165) is 63.7 Å². The molecule has 0 bridgehead atoms. The van der Waals surface area contributed by atoms with Crippen LogP contribution >= 0.6 is 0 Å². The van der Waals surface area contributed by atoms with E-state index in [-0.39, 0.29) is 5.75 Å². The fraction of sp³-hybridized carbons (Fsp3) is 0.625. The van der Waals surface area contributed by atoms with Crippen LogP contribution in [-0.4, -0.2) is 44.6 Å². The number of aromatic hydroxyl groups is 1. The van der Waals surface area contributed by atoms with Crippen molar-refractivity contribution < 1.29 is 14.6 Å². The van der Waals surface area contributed by atoms with Crippen LogP contribution in [0.3, 0.4) is 0 Å². The van der Waals surface area contributed by atoms with Crippen LogP contribution in [0.2, 0.25) is 0 Å². The van der Waals surface area contributed by atoms with Crippen molar-refractivity contribution in [2.75, 3.05) is 50.2 Å². The molecule has 5 heteroatoms. The summed E-state index contributed by atoms with van der Waals surface area (Å²) in [6.45, 7) is 8.53. The summed E-state index contributed by atoms with van der Waals surface area (Å²) in [5.74, 6) is 0.265. The third kappa shape index (κ3) is 7.20. The van der Waals surface area contributed by atoms with E-state index < -0.39 is 0 Å². The Morgan fingerprint density at radius 1 is 0.952 bits per heavy atom. The average molecular weight is 296 g/mol. The van der Waals surface area contributed by atoms with Crippen LogP contribution in [0.4, 0.5) is 11.4 Å². The fourth-order valence-corrected chi connectivity index (χ4v) is 1.95. The molecule has 0 unspecified atom stereocenters. The van der Waals surface area contributed by atoms with Crippen molar-refractivity contribution in [3.8, 4) is 5.75 Å². The van der Waals surface area contributed by atoms with Crippen molar-refractivity contribution in [1.82, 2.24) is 0 Å². The van der Waals surface area contributed by atoms with E-state index in [9.17, 15) is 5.11 Å². The topological polar surface area (TPSA) is 62.8 Å². The number of rotatable bonds is 12.